The van der Waals surface area contributed by atoms with E-state index >= 15 is 0 Å². The van der Waals surface area contributed by atoms with Crippen LogP contribution in [0.5, 0.6) is 0 Å². The van der Waals surface area contributed by atoms with E-state index < -0.39 is 11.8 Å². The number of alkyl halides is 1. The second kappa shape index (κ2) is 12.8. The van der Waals surface area contributed by atoms with Crippen molar-refractivity contribution in [1.29, 1.82) is 0 Å². The molecule has 0 aliphatic rings. The summed E-state index contributed by atoms with van der Waals surface area (Å²) in [6, 6.07) is 0. The van der Waals surface area contributed by atoms with Gasteiger partial charge in [-0.1, -0.05) is 40.5 Å². The first-order valence-electron chi connectivity index (χ1n) is 9.55. The average Bonchev–Trinajstić information content (AvgIpc) is 2.49. The minimum Gasteiger partial charge on any atom is -0.381 e. The zero-order chi connectivity index (χ0) is 18.6. The first-order chi connectivity index (χ1) is 11.2. The standard InChI is InChI=1S/C20H39FO3/c1-16(2)10-7-8-13-23-14-9-15-24-20(5,6)19(21)12-11-18(22)17(3)4/h16-17,19H,7-15H2,1-6H3. The fraction of sp³-hybridized carbons (Fsp3) is 0.950. The molecule has 1 atom stereocenters. The summed E-state index contributed by atoms with van der Waals surface area (Å²) in [5, 5.41) is 0. The van der Waals surface area contributed by atoms with Gasteiger partial charge < -0.3 is 9.47 Å². The number of Topliss-reactive ketones (excluding diaryl/α,β-unsaturated/α-hetero) is 1. The van der Waals surface area contributed by atoms with Crippen LogP contribution in [0, 0.1) is 11.8 Å². The van der Waals surface area contributed by atoms with Gasteiger partial charge in [0.25, 0.3) is 0 Å². The summed E-state index contributed by atoms with van der Waals surface area (Å²) in [4.78, 5) is 11.6. The lowest BCUT2D eigenvalue weighted by Gasteiger charge is -2.29. The number of hydrogen-bond donors (Lipinski definition) is 0. The van der Waals surface area contributed by atoms with Crippen molar-refractivity contribution in [3.8, 4) is 0 Å². The number of rotatable bonds is 15. The fourth-order valence-corrected chi connectivity index (χ4v) is 2.35. The molecule has 0 radical (unpaired) electrons. The Hall–Kier alpha value is -0.480. The molecule has 0 aromatic rings. The largest absolute Gasteiger partial charge is 0.381 e. The van der Waals surface area contributed by atoms with Crippen molar-refractivity contribution in [1.82, 2.24) is 0 Å². The second-order valence-corrected chi connectivity index (χ2v) is 7.93. The molecule has 0 bridgehead atoms. The molecule has 0 N–H and O–H groups in total. The zero-order valence-corrected chi connectivity index (χ0v) is 16.7. The second-order valence-electron chi connectivity index (χ2n) is 7.93. The van der Waals surface area contributed by atoms with Gasteiger partial charge in [0.1, 0.15) is 12.0 Å². The van der Waals surface area contributed by atoms with Crippen molar-refractivity contribution in [2.24, 2.45) is 11.8 Å². The van der Waals surface area contributed by atoms with Gasteiger partial charge in [0, 0.05) is 32.2 Å². The van der Waals surface area contributed by atoms with Gasteiger partial charge in [-0.15, -0.1) is 0 Å². The number of hydrogen-bond acceptors (Lipinski definition) is 3. The van der Waals surface area contributed by atoms with Gasteiger partial charge in [-0.05, 0) is 39.0 Å². The molecule has 0 saturated heterocycles. The van der Waals surface area contributed by atoms with E-state index in [0.717, 1.165) is 25.4 Å². The molecule has 0 heterocycles. The molecule has 24 heavy (non-hydrogen) atoms. The van der Waals surface area contributed by atoms with Gasteiger partial charge in [0.2, 0.25) is 0 Å². The molecule has 0 amide bonds. The number of unbranched alkanes of at least 4 members (excludes halogenated alkanes) is 1. The predicted octanol–water partition coefficient (Wildman–Crippen LogP) is 5.36. The number of carbonyl (C=O) groups excluding carboxylic acids is 1. The Kier molecular flexibility index (Phi) is 12.6. The predicted molar refractivity (Wildman–Crippen MR) is 98.1 cm³/mol. The monoisotopic (exact) mass is 346 g/mol. The van der Waals surface area contributed by atoms with Gasteiger partial charge >= 0.3 is 0 Å². The third-order valence-corrected chi connectivity index (χ3v) is 4.27. The van der Waals surface area contributed by atoms with E-state index in [2.05, 4.69) is 13.8 Å². The molecule has 0 aliphatic carbocycles. The smallest absolute Gasteiger partial charge is 0.135 e. The first kappa shape index (κ1) is 23.5. The van der Waals surface area contributed by atoms with Crippen molar-refractivity contribution >= 4 is 5.78 Å². The molecule has 0 rings (SSSR count). The Morgan fingerprint density at radius 1 is 0.958 bits per heavy atom. The molecule has 0 spiro atoms. The summed E-state index contributed by atoms with van der Waals surface area (Å²) in [5.41, 5.74) is -0.853. The maximum absolute atomic E-state index is 14.3. The van der Waals surface area contributed by atoms with Gasteiger partial charge in [-0.25, -0.2) is 4.39 Å². The van der Waals surface area contributed by atoms with E-state index in [1.165, 1.54) is 12.8 Å². The third-order valence-electron chi connectivity index (χ3n) is 4.27. The summed E-state index contributed by atoms with van der Waals surface area (Å²) < 4.78 is 25.5. The van der Waals surface area contributed by atoms with Crippen LogP contribution in [0.1, 0.15) is 80.1 Å². The van der Waals surface area contributed by atoms with Crippen LogP contribution in [0.4, 0.5) is 4.39 Å². The quantitative estimate of drug-likeness (QED) is 0.375. The maximum Gasteiger partial charge on any atom is 0.135 e. The molecule has 3 nitrogen and oxygen atoms in total. The van der Waals surface area contributed by atoms with E-state index in [1.54, 1.807) is 13.8 Å². The number of carbonyl (C=O) groups is 1. The van der Waals surface area contributed by atoms with Crippen molar-refractivity contribution in [2.45, 2.75) is 91.8 Å². The number of ether oxygens (including phenoxy) is 2. The molecular weight excluding hydrogens is 307 g/mol. The number of halogens is 1. The average molecular weight is 347 g/mol. The Labute approximate surface area is 148 Å². The molecule has 4 heteroatoms. The molecular formula is C20H39FO3. The topological polar surface area (TPSA) is 35.5 Å². The van der Waals surface area contributed by atoms with E-state index in [4.69, 9.17) is 9.47 Å². The molecule has 0 aliphatic heterocycles. The van der Waals surface area contributed by atoms with Crippen LogP contribution in [0.2, 0.25) is 0 Å². The third kappa shape index (κ3) is 12.0. The minimum absolute atomic E-state index is 0.0288. The molecule has 0 aromatic carbocycles. The highest BCUT2D eigenvalue weighted by molar-refractivity contribution is 5.80. The van der Waals surface area contributed by atoms with Crippen LogP contribution in [0.15, 0.2) is 0 Å². The van der Waals surface area contributed by atoms with Crippen LogP contribution < -0.4 is 0 Å². The highest BCUT2D eigenvalue weighted by Gasteiger charge is 2.30. The summed E-state index contributed by atoms with van der Waals surface area (Å²) >= 11 is 0. The minimum atomic E-state index is -1.13. The normalized spacial score (nSPS) is 13.7. The highest BCUT2D eigenvalue weighted by atomic mass is 19.1. The molecule has 0 aromatic heterocycles. The molecule has 144 valence electrons. The van der Waals surface area contributed by atoms with E-state index in [0.29, 0.717) is 13.2 Å². The summed E-state index contributed by atoms with van der Waals surface area (Å²) in [6.07, 6.45) is 3.71. The van der Waals surface area contributed by atoms with E-state index in [9.17, 15) is 9.18 Å². The van der Waals surface area contributed by atoms with Gasteiger partial charge in [0.15, 0.2) is 0 Å². The number of ketones is 1. The Balaban J connectivity index is 3.70. The van der Waals surface area contributed by atoms with Crippen molar-refractivity contribution < 1.29 is 18.7 Å². The van der Waals surface area contributed by atoms with Gasteiger partial charge in [-0.2, -0.15) is 0 Å². The Morgan fingerprint density at radius 3 is 2.17 bits per heavy atom. The summed E-state index contributed by atoms with van der Waals surface area (Å²) in [5.74, 6) is 0.836. The van der Waals surface area contributed by atoms with Crippen LogP contribution in [0.3, 0.4) is 0 Å². The SMILES string of the molecule is CC(C)CCCCOCCCOC(C)(C)C(F)CCC(=O)C(C)C. The Morgan fingerprint density at radius 2 is 1.58 bits per heavy atom. The molecule has 0 saturated carbocycles. The maximum atomic E-state index is 14.3. The zero-order valence-electron chi connectivity index (χ0n) is 16.7. The van der Waals surface area contributed by atoms with Crippen LogP contribution in [-0.4, -0.2) is 37.4 Å². The van der Waals surface area contributed by atoms with E-state index in [-0.39, 0.29) is 24.5 Å². The summed E-state index contributed by atoms with van der Waals surface area (Å²) in [7, 11) is 0. The van der Waals surface area contributed by atoms with Crippen LogP contribution in [-0.2, 0) is 14.3 Å². The highest BCUT2D eigenvalue weighted by Crippen LogP contribution is 2.23. The van der Waals surface area contributed by atoms with Crippen LogP contribution in [0.25, 0.3) is 0 Å². The Bertz CT molecular complexity index is 327. The van der Waals surface area contributed by atoms with Crippen molar-refractivity contribution in [2.75, 3.05) is 19.8 Å². The van der Waals surface area contributed by atoms with Gasteiger partial charge in [-0.3, -0.25) is 4.79 Å². The van der Waals surface area contributed by atoms with Crippen molar-refractivity contribution in [3.05, 3.63) is 0 Å². The fourth-order valence-electron chi connectivity index (χ4n) is 2.35. The lowest BCUT2D eigenvalue weighted by atomic mass is 9.95. The molecule has 0 fully saturated rings. The first-order valence-corrected chi connectivity index (χ1v) is 9.55. The van der Waals surface area contributed by atoms with Crippen molar-refractivity contribution in [3.63, 3.8) is 0 Å². The van der Waals surface area contributed by atoms with E-state index in [1.807, 2.05) is 13.8 Å². The lowest BCUT2D eigenvalue weighted by molar-refractivity contribution is -0.123. The molecule has 1 unspecified atom stereocenters. The van der Waals surface area contributed by atoms with Crippen LogP contribution >= 0.6 is 0 Å². The summed E-state index contributed by atoms with van der Waals surface area (Å²) in [6.45, 7) is 13.6. The lowest BCUT2D eigenvalue weighted by Crippen LogP contribution is -2.37. The van der Waals surface area contributed by atoms with Gasteiger partial charge in [0.05, 0.1) is 5.60 Å².